The fraction of sp³-hybridized carbons (Fsp3) is 0.667. The first-order valence-corrected chi connectivity index (χ1v) is 13.0. The van der Waals surface area contributed by atoms with Gasteiger partial charge in [-0.2, -0.15) is 0 Å². The molecular weight excluding hydrogens is 412 g/mol. The number of para-hydroxylation sites is 1. The van der Waals surface area contributed by atoms with Crippen molar-refractivity contribution >= 4 is 23.3 Å². The average Bonchev–Trinajstić information content (AvgIpc) is 2.95. The van der Waals surface area contributed by atoms with Crippen molar-refractivity contribution in [2.45, 2.75) is 95.7 Å². The van der Waals surface area contributed by atoms with E-state index in [4.69, 9.17) is 4.99 Å². The Morgan fingerprint density at radius 1 is 1.06 bits per heavy atom. The predicted octanol–water partition coefficient (Wildman–Crippen LogP) is 4.87. The van der Waals surface area contributed by atoms with E-state index < -0.39 is 6.17 Å². The Labute approximate surface area is 198 Å². The van der Waals surface area contributed by atoms with Gasteiger partial charge in [-0.15, -0.1) is 0 Å². The molecule has 0 bridgehead atoms. The van der Waals surface area contributed by atoms with Crippen molar-refractivity contribution in [2.75, 3.05) is 19.0 Å². The van der Waals surface area contributed by atoms with Crippen molar-refractivity contribution in [1.82, 2.24) is 10.2 Å². The van der Waals surface area contributed by atoms with Crippen LogP contribution in [0.4, 0.5) is 5.69 Å². The molecule has 2 amide bonds. The predicted molar refractivity (Wildman–Crippen MR) is 133 cm³/mol. The number of benzene rings is 1. The Morgan fingerprint density at radius 2 is 1.73 bits per heavy atom. The van der Waals surface area contributed by atoms with Crippen LogP contribution < -0.4 is 10.2 Å². The van der Waals surface area contributed by atoms with Gasteiger partial charge in [0.25, 0.3) is 5.91 Å². The third-order valence-electron chi connectivity index (χ3n) is 7.82. The lowest BCUT2D eigenvalue weighted by Gasteiger charge is -2.34. The van der Waals surface area contributed by atoms with E-state index >= 15 is 0 Å². The summed E-state index contributed by atoms with van der Waals surface area (Å²) in [5, 5.41) is 2.96. The SMILES string of the molecule is CN1C(=O)C(NC(=O)CCCC2CCCCC2)N=C(N(C)C2CCCCC2)c2ccccc21. The van der Waals surface area contributed by atoms with Gasteiger partial charge in [0.15, 0.2) is 0 Å². The molecule has 0 saturated heterocycles. The van der Waals surface area contributed by atoms with E-state index in [1.54, 1.807) is 11.9 Å². The molecule has 2 aliphatic carbocycles. The van der Waals surface area contributed by atoms with Crippen LogP contribution in [0.2, 0.25) is 0 Å². The van der Waals surface area contributed by atoms with E-state index in [1.807, 2.05) is 24.3 Å². The standard InChI is InChI=1S/C27H40N4O2/c1-30(21-15-7-4-8-16-21)26-22-17-9-10-18-23(22)31(2)27(33)25(29-26)28-24(32)19-11-14-20-12-5-3-6-13-20/h9-10,17-18,20-21,25H,3-8,11-16,19H2,1-2H3,(H,28,32). The number of carbonyl (C=O) groups is 2. The largest absolute Gasteiger partial charge is 0.356 e. The zero-order chi connectivity index (χ0) is 23.2. The van der Waals surface area contributed by atoms with Gasteiger partial charge >= 0.3 is 0 Å². The van der Waals surface area contributed by atoms with Crippen molar-refractivity contribution in [1.29, 1.82) is 0 Å². The molecule has 0 spiro atoms. The van der Waals surface area contributed by atoms with Gasteiger partial charge < -0.3 is 15.1 Å². The second-order valence-electron chi connectivity index (χ2n) is 10.1. The van der Waals surface area contributed by atoms with Crippen molar-refractivity contribution in [3.05, 3.63) is 29.8 Å². The van der Waals surface area contributed by atoms with Crippen LogP contribution in [0.3, 0.4) is 0 Å². The first kappa shape index (κ1) is 23.8. The minimum absolute atomic E-state index is 0.0769. The summed E-state index contributed by atoms with van der Waals surface area (Å²) in [6.07, 6.45) is 14.2. The van der Waals surface area contributed by atoms with Gasteiger partial charge in [0.1, 0.15) is 5.84 Å². The molecule has 1 atom stereocenters. The van der Waals surface area contributed by atoms with Crippen LogP contribution in [-0.2, 0) is 9.59 Å². The molecule has 0 aromatic heterocycles. The smallest absolute Gasteiger partial charge is 0.272 e. The number of amidine groups is 1. The van der Waals surface area contributed by atoms with E-state index in [1.165, 1.54) is 51.4 Å². The fourth-order valence-corrected chi connectivity index (χ4v) is 5.77. The number of aliphatic imine (C=N–C) groups is 1. The first-order chi connectivity index (χ1) is 16.0. The number of hydrogen-bond donors (Lipinski definition) is 1. The molecule has 2 fully saturated rings. The van der Waals surface area contributed by atoms with E-state index in [0.29, 0.717) is 12.5 Å². The van der Waals surface area contributed by atoms with Crippen LogP contribution in [0.15, 0.2) is 29.3 Å². The quantitative estimate of drug-likeness (QED) is 0.670. The summed E-state index contributed by atoms with van der Waals surface area (Å²) in [7, 11) is 3.87. The number of fused-ring (bicyclic) bond motifs is 1. The second-order valence-corrected chi connectivity index (χ2v) is 10.1. The molecule has 1 unspecified atom stereocenters. The highest BCUT2D eigenvalue weighted by molar-refractivity contribution is 6.12. The molecule has 3 aliphatic rings. The number of amides is 2. The van der Waals surface area contributed by atoms with Crippen LogP contribution in [0.25, 0.3) is 0 Å². The van der Waals surface area contributed by atoms with Gasteiger partial charge in [0, 0.05) is 32.1 Å². The highest BCUT2D eigenvalue weighted by atomic mass is 16.2. The van der Waals surface area contributed by atoms with Gasteiger partial charge in [0.2, 0.25) is 12.1 Å². The molecule has 6 nitrogen and oxygen atoms in total. The Balaban J connectivity index is 1.49. The summed E-state index contributed by atoms with van der Waals surface area (Å²) in [5.74, 6) is 1.31. The molecule has 1 aromatic rings. The topological polar surface area (TPSA) is 65.0 Å². The molecule has 4 rings (SSSR count). The molecule has 1 heterocycles. The Hall–Kier alpha value is -2.37. The Kier molecular flexibility index (Phi) is 8.05. The summed E-state index contributed by atoms with van der Waals surface area (Å²) in [5.41, 5.74) is 1.80. The van der Waals surface area contributed by atoms with Crippen LogP contribution in [-0.4, -0.2) is 48.9 Å². The first-order valence-electron chi connectivity index (χ1n) is 13.0. The highest BCUT2D eigenvalue weighted by Gasteiger charge is 2.33. The summed E-state index contributed by atoms with van der Waals surface area (Å²) >= 11 is 0. The third kappa shape index (κ3) is 5.77. The molecule has 33 heavy (non-hydrogen) atoms. The van der Waals surface area contributed by atoms with Gasteiger partial charge in [-0.3, -0.25) is 9.59 Å². The minimum atomic E-state index is -0.884. The van der Waals surface area contributed by atoms with Gasteiger partial charge in [-0.1, -0.05) is 63.5 Å². The number of anilines is 1. The maximum atomic E-state index is 13.3. The number of benzodiazepines with no additional fused rings is 1. The Morgan fingerprint density at radius 3 is 2.45 bits per heavy atom. The van der Waals surface area contributed by atoms with Crippen molar-refractivity contribution in [3.63, 3.8) is 0 Å². The molecule has 2 saturated carbocycles. The van der Waals surface area contributed by atoms with Crippen LogP contribution >= 0.6 is 0 Å². The number of likely N-dealkylation sites (N-methyl/N-ethyl adjacent to an activating group) is 1. The molecule has 0 radical (unpaired) electrons. The normalized spacial score (nSPS) is 22.4. The number of nitrogens with zero attached hydrogens (tertiary/aromatic N) is 3. The summed E-state index contributed by atoms with van der Waals surface area (Å²) in [4.78, 5) is 34.9. The molecule has 180 valence electrons. The summed E-state index contributed by atoms with van der Waals surface area (Å²) in [6.45, 7) is 0. The lowest BCUT2D eigenvalue weighted by molar-refractivity contribution is -0.127. The van der Waals surface area contributed by atoms with E-state index in [9.17, 15) is 9.59 Å². The van der Waals surface area contributed by atoms with Gasteiger partial charge in [-0.05, 0) is 43.7 Å². The van der Waals surface area contributed by atoms with Crippen molar-refractivity contribution in [3.8, 4) is 0 Å². The summed E-state index contributed by atoms with van der Waals surface area (Å²) < 4.78 is 0. The van der Waals surface area contributed by atoms with Gasteiger partial charge in [-0.25, -0.2) is 4.99 Å². The van der Waals surface area contributed by atoms with Crippen LogP contribution in [0.1, 0.15) is 89.0 Å². The van der Waals surface area contributed by atoms with Crippen molar-refractivity contribution < 1.29 is 9.59 Å². The lowest BCUT2D eigenvalue weighted by Crippen LogP contribution is -2.46. The molecule has 6 heteroatoms. The minimum Gasteiger partial charge on any atom is -0.356 e. The summed E-state index contributed by atoms with van der Waals surface area (Å²) in [6, 6.07) is 8.35. The number of rotatable bonds is 6. The van der Waals surface area contributed by atoms with Crippen LogP contribution in [0.5, 0.6) is 0 Å². The fourth-order valence-electron chi connectivity index (χ4n) is 5.77. The Bertz CT molecular complexity index is 855. The van der Waals surface area contributed by atoms with Crippen LogP contribution in [0, 0.1) is 5.92 Å². The maximum Gasteiger partial charge on any atom is 0.272 e. The number of hydrogen-bond acceptors (Lipinski definition) is 4. The van der Waals surface area contributed by atoms with Crippen molar-refractivity contribution in [2.24, 2.45) is 10.9 Å². The zero-order valence-corrected chi connectivity index (χ0v) is 20.4. The van der Waals surface area contributed by atoms with E-state index in [2.05, 4.69) is 17.3 Å². The second kappa shape index (κ2) is 11.2. The van der Waals surface area contributed by atoms with E-state index in [-0.39, 0.29) is 11.8 Å². The highest BCUT2D eigenvalue weighted by Crippen LogP contribution is 2.30. The monoisotopic (exact) mass is 452 g/mol. The number of nitrogens with one attached hydrogen (secondary N) is 1. The molecule has 1 aliphatic heterocycles. The van der Waals surface area contributed by atoms with E-state index in [0.717, 1.165) is 48.7 Å². The lowest BCUT2D eigenvalue weighted by atomic mass is 9.86. The maximum absolute atomic E-state index is 13.3. The zero-order valence-electron chi connectivity index (χ0n) is 20.4. The third-order valence-corrected chi connectivity index (χ3v) is 7.82. The molecule has 1 aromatic carbocycles. The average molecular weight is 453 g/mol. The molecule has 1 N–H and O–H groups in total. The number of carbonyl (C=O) groups excluding carboxylic acids is 2. The van der Waals surface area contributed by atoms with Gasteiger partial charge in [0.05, 0.1) is 5.69 Å². The molecular formula is C27H40N4O2.